The van der Waals surface area contributed by atoms with Gasteiger partial charge in [0.15, 0.2) is 0 Å². The molecule has 0 spiro atoms. The number of carbonyl (C=O) groups is 1. The van der Waals surface area contributed by atoms with Crippen molar-refractivity contribution in [3.63, 3.8) is 0 Å². The van der Waals surface area contributed by atoms with E-state index in [1.54, 1.807) is 17.0 Å². The smallest absolute Gasteiger partial charge is 0.269 e. The van der Waals surface area contributed by atoms with E-state index in [9.17, 15) is 14.9 Å². The third-order valence-electron chi connectivity index (χ3n) is 3.77. The van der Waals surface area contributed by atoms with Gasteiger partial charge in [-0.15, -0.1) is 0 Å². The minimum atomic E-state index is -0.420. The molecule has 2 rings (SSSR count). The van der Waals surface area contributed by atoms with Gasteiger partial charge in [0, 0.05) is 44.0 Å². The van der Waals surface area contributed by atoms with Gasteiger partial charge in [0.05, 0.1) is 11.0 Å². The third kappa shape index (κ3) is 3.49. The minimum Gasteiger partial charge on any atom is -0.368 e. The Morgan fingerprint density at radius 2 is 1.86 bits per heavy atom. The second kappa shape index (κ2) is 6.53. The number of nitrogens with zero attached hydrogens (tertiary/aromatic N) is 3. The number of carbonyl (C=O) groups excluding carboxylic acids is 1. The number of piperazine rings is 1. The Bertz CT molecular complexity index is 509. The van der Waals surface area contributed by atoms with Crippen LogP contribution in [0, 0.1) is 10.1 Å². The van der Waals surface area contributed by atoms with Gasteiger partial charge in [-0.2, -0.15) is 0 Å². The molecule has 0 radical (unpaired) electrons. The second-order valence-electron chi connectivity index (χ2n) is 5.10. The Balaban J connectivity index is 1.94. The molecule has 114 valence electrons. The van der Waals surface area contributed by atoms with Crippen LogP contribution in [0.1, 0.15) is 13.3 Å². The molecule has 1 aromatic rings. The number of nitro benzene ring substituents is 1. The van der Waals surface area contributed by atoms with E-state index in [4.69, 9.17) is 5.73 Å². The molecule has 21 heavy (non-hydrogen) atoms. The molecule has 1 aliphatic heterocycles. The highest BCUT2D eigenvalue weighted by Gasteiger charge is 2.24. The first-order valence-corrected chi connectivity index (χ1v) is 7.06. The standard InChI is InChI=1S/C14H20N4O3/c1-2-13(15)14(19)17-9-7-16(8-10-17)11-3-5-12(6-4-11)18(20)21/h3-6,13H,2,7-10,15H2,1H3/t13-/m0/s1. The highest BCUT2D eigenvalue weighted by molar-refractivity contribution is 5.81. The molecule has 1 heterocycles. The van der Waals surface area contributed by atoms with E-state index in [2.05, 4.69) is 4.90 Å². The van der Waals surface area contributed by atoms with Gasteiger partial charge in [0.1, 0.15) is 0 Å². The van der Waals surface area contributed by atoms with Crippen LogP contribution in [0.4, 0.5) is 11.4 Å². The summed E-state index contributed by atoms with van der Waals surface area (Å²) in [5, 5.41) is 10.6. The van der Waals surface area contributed by atoms with Crippen molar-refractivity contribution in [3.8, 4) is 0 Å². The number of amides is 1. The SMILES string of the molecule is CC[C@H](N)C(=O)N1CCN(c2ccc([N+](=O)[O-])cc2)CC1. The van der Waals surface area contributed by atoms with Crippen molar-refractivity contribution in [2.45, 2.75) is 19.4 Å². The van der Waals surface area contributed by atoms with E-state index in [0.29, 0.717) is 32.6 Å². The predicted octanol–water partition coefficient (Wildman–Crippen LogP) is 0.981. The van der Waals surface area contributed by atoms with Crippen LogP contribution >= 0.6 is 0 Å². The van der Waals surface area contributed by atoms with Crippen molar-refractivity contribution in [1.29, 1.82) is 0 Å². The van der Waals surface area contributed by atoms with Gasteiger partial charge in [-0.25, -0.2) is 0 Å². The maximum Gasteiger partial charge on any atom is 0.269 e. The van der Waals surface area contributed by atoms with Crippen LogP contribution in [0.15, 0.2) is 24.3 Å². The summed E-state index contributed by atoms with van der Waals surface area (Å²) in [5.41, 5.74) is 6.79. The van der Waals surface area contributed by atoms with Crippen molar-refractivity contribution in [2.24, 2.45) is 5.73 Å². The molecule has 1 atom stereocenters. The first kappa shape index (κ1) is 15.2. The number of nitrogens with two attached hydrogens (primary N) is 1. The molecular formula is C14H20N4O3. The average molecular weight is 292 g/mol. The van der Waals surface area contributed by atoms with Gasteiger partial charge in [0.25, 0.3) is 5.69 Å². The summed E-state index contributed by atoms with van der Waals surface area (Å²) < 4.78 is 0. The molecule has 2 N–H and O–H groups in total. The van der Waals surface area contributed by atoms with Crippen LogP contribution < -0.4 is 10.6 Å². The van der Waals surface area contributed by atoms with Gasteiger partial charge < -0.3 is 15.5 Å². The second-order valence-corrected chi connectivity index (χ2v) is 5.10. The number of nitro groups is 1. The monoisotopic (exact) mass is 292 g/mol. The van der Waals surface area contributed by atoms with Crippen molar-refractivity contribution in [2.75, 3.05) is 31.1 Å². The zero-order chi connectivity index (χ0) is 15.4. The summed E-state index contributed by atoms with van der Waals surface area (Å²) in [6.07, 6.45) is 0.640. The molecule has 1 aromatic carbocycles. The van der Waals surface area contributed by atoms with Gasteiger partial charge in [-0.3, -0.25) is 14.9 Å². The number of rotatable bonds is 4. The summed E-state index contributed by atoms with van der Waals surface area (Å²) in [5.74, 6) is 0.000787. The molecule has 1 saturated heterocycles. The fourth-order valence-electron chi connectivity index (χ4n) is 2.38. The lowest BCUT2D eigenvalue weighted by Crippen LogP contribution is -2.53. The van der Waals surface area contributed by atoms with Gasteiger partial charge >= 0.3 is 0 Å². The fourth-order valence-corrected chi connectivity index (χ4v) is 2.38. The molecular weight excluding hydrogens is 272 g/mol. The van der Waals surface area contributed by atoms with E-state index < -0.39 is 11.0 Å². The van der Waals surface area contributed by atoms with E-state index >= 15 is 0 Å². The highest BCUT2D eigenvalue weighted by atomic mass is 16.6. The Labute approximate surface area is 123 Å². The maximum atomic E-state index is 12.0. The Morgan fingerprint density at radius 3 is 2.33 bits per heavy atom. The molecule has 0 bridgehead atoms. The van der Waals surface area contributed by atoms with Crippen LogP contribution in [0.3, 0.4) is 0 Å². The normalized spacial score (nSPS) is 16.7. The lowest BCUT2D eigenvalue weighted by molar-refractivity contribution is -0.384. The highest BCUT2D eigenvalue weighted by Crippen LogP contribution is 2.20. The Kier molecular flexibility index (Phi) is 4.74. The number of non-ortho nitro benzene ring substituents is 1. The molecule has 1 amide bonds. The van der Waals surface area contributed by atoms with E-state index in [1.165, 1.54) is 12.1 Å². The number of hydrogen-bond acceptors (Lipinski definition) is 5. The summed E-state index contributed by atoms with van der Waals surface area (Å²) >= 11 is 0. The molecule has 0 unspecified atom stereocenters. The van der Waals surface area contributed by atoms with Crippen LogP contribution in [0.25, 0.3) is 0 Å². The molecule has 7 nitrogen and oxygen atoms in total. The fraction of sp³-hybridized carbons (Fsp3) is 0.500. The number of anilines is 1. The van der Waals surface area contributed by atoms with Crippen LogP contribution in [0.2, 0.25) is 0 Å². The predicted molar refractivity (Wildman–Crippen MR) is 80.2 cm³/mol. The summed E-state index contributed by atoms with van der Waals surface area (Å²) in [4.78, 5) is 26.1. The van der Waals surface area contributed by atoms with Gasteiger partial charge in [-0.1, -0.05) is 6.92 Å². The zero-order valence-corrected chi connectivity index (χ0v) is 12.1. The van der Waals surface area contributed by atoms with E-state index in [1.807, 2.05) is 6.92 Å². The van der Waals surface area contributed by atoms with Gasteiger partial charge in [-0.05, 0) is 18.6 Å². The Hall–Kier alpha value is -2.15. The average Bonchev–Trinajstić information content (AvgIpc) is 2.53. The molecule has 0 aromatic heterocycles. The quantitative estimate of drug-likeness (QED) is 0.659. The van der Waals surface area contributed by atoms with Crippen LogP contribution in [0.5, 0.6) is 0 Å². The van der Waals surface area contributed by atoms with Gasteiger partial charge in [0.2, 0.25) is 5.91 Å². The summed E-state index contributed by atoms with van der Waals surface area (Å²) in [6.45, 7) is 4.57. The van der Waals surface area contributed by atoms with Crippen molar-refractivity contribution in [3.05, 3.63) is 34.4 Å². The van der Waals surface area contributed by atoms with E-state index in [-0.39, 0.29) is 11.6 Å². The molecule has 0 aliphatic carbocycles. The summed E-state index contributed by atoms with van der Waals surface area (Å²) in [7, 11) is 0. The molecule has 1 aliphatic rings. The Morgan fingerprint density at radius 1 is 1.29 bits per heavy atom. The summed E-state index contributed by atoms with van der Waals surface area (Å²) in [6, 6.07) is 6.07. The molecule has 0 saturated carbocycles. The van der Waals surface area contributed by atoms with Crippen LogP contribution in [-0.4, -0.2) is 48.0 Å². The lowest BCUT2D eigenvalue weighted by Gasteiger charge is -2.37. The minimum absolute atomic E-state index is 0.000787. The van der Waals surface area contributed by atoms with Crippen molar-refractivity contribution < 1.29 is 9.72 Å². The molecule has 1 fully saturated rings. The maximum absolute atomic E-state index is 12.0. The third-order valence-corrected chi connectivity index (χ3v) is 3.77. The molecule has 7 heteroatoms. The number of hydrogen-bond donors (Lipinski definition) is 1. The van der Waals surface area contributed by atoms with E-state index in [0.717, 1.165) is 5.69 Å². The van der Waals surface area contributed by atoms with Crippen LogP contribution in [-0.2, 0) is 4.79 Å². The zero-order valence-electron chi connectivity index (χ0n) is 12.1. The van der Waals surface area contributed by atoms with Crippen molar-refractivity contribution in [1.82, 2.24) is 4.90 Å². The topological polar surface area (TPSA) is 92.7 Å². The van der Waals surface area contributed by atoms with Crippen molar-refractivity contribution >= 4 is 17.3 Å². The first-order valence-electron chi connectivity index (χ1n) is 7.06. The first-order chi connectivity index (χ1) is 10.0. The largest absolute Gasteiger partial charge is 0.368 e. The number of benzene rings is 1. The lowest BCUT2D eigenvalue weighted by atomic mass is 10.2.